The zero-order valence-electron chi connectivity index (χ0n) is 18.9. The lowest BCUT2D eigenvalue weighted by Gasteiger charge is -2.23. The van der Waals surface area contributed by atoms with Gasteiger partial charge < -0.3 is 19.9 Å². The Bertz CT molecular complexity index is 1220. The second kappa shape index (κ2) is 9.18. The largest absolute Gasteiger partial charge is 0.497 e. The molecular formula is C24H24ClN5O4. The number of aromatic nitrogens is 2. The number of rotatable bonds is 7. The number of halogens is 1. The lowest BCUT2D eigenvalue weighted by atomic mass is 9.92. The van der Waals surface area contributed by atoms with Crippen LogP contribution in [0.4, 0.5) is 4.79 Å². The molecule has 0 saturated carbocycles. The summed E-state index contributed by atoms with van der Waals surface area (Å²) in [6.45, 7) is 1.17. The van der Waals surface area contributed by atoms with Gasteiger partial charge in [0.25, 0.3) is 5.91 Å². The van der Waals surface area contributed by atoms with Crippen molar-refractivity contribution < 1.29 is 19.1 Å². The van der Waals surface area contributed by atoms with E-state index in [4.69, 9.17) is 16.3 Å². The van der Waals surface area contributed by atoms with Crippen molar-refractivity contribution in [3.63, 3.8) is 0 Å². The molecule has 3 aromatic rings. The van der Waals surface area contributed by atoms with E-state index in [1.807, 2.05) is 7.05 Å². The first-order chi connectivity index (χ1) is 16.2. The lowest BCUT2D eigenvalue weighted by molar-refractivity contribution is -0.135. The Balaban J connectivity index is 1.53. The van der Waals surface area contributed by atoms with Crippen LogP contribution in [0.2, 0.25) is 5.02 Å². The molecular weight excluding hydrogens is 458 g/mol. The second-order valence-corrected chi connectivity index (χ2v) is 8.56. The second-order valence-electron chi connectivity index (χ2n) is 8.12. The predicted octanol–water partition coefficient (Wildman–Crippen LogP) is 2.75. The van der Waals surface area contributed by atoms with E-state index in [0.29, 0.717) is 22.2 Å². The summed E-state index contributed by atoms with van der Waals surface area (Å²) in [5.41, 5.74) is 0.0488. The molecule has 0 radical (unpaired) electrons. The van der Waals surface area contributed by atoms with E-state index in [1.54, 1.807) is 79.5 Å². The smallest absolute Gasteiger partial charge is 0.325 e. The summed E-state index contributed by atoms with van der Waals surface area (Å²) in [6, 6.07) is 12.6. The van der Waals surface area contributed by atoms with Crippen LogP contribution in [0, 0.1) is 0 Å². The van der Waals surface area contributed by atoms with E-state index in [-0.39, 0.29) is 0 Å². The van der Waals surface area contributed by atoms with Crippen molar-refractivity contribution in [1.82, 2.24) is 25.1 Å². The van der Waals surface area contributed by atoms with E-state index in [2.05, 4.69) is 15.6 Å². The highest BCUT2D eigenvalue weighted by Crippen LogP contribution is 2.30. The van der Waals surface area contributed by atoms with Gasteiger partial charge in [-0.2, -0.15) is 0 Å². The molecule has 9 nitrogen and oxygen atoms in total. The number of benzene rings is 2. The molecule has 4 rings (SSSR count). The molecule has 0 aliphatic carbocycles. The summed E-state index contributed by atoms with van der Waals surface area (Å²) in [5, 5.41) is 6.15. The summed E-state index contributed by atoms with van der Waals surface area (Å²) in [5.74, 6) is 0.196. The number of nitrogens with one attached hydrogen (secondary N) is 2. The minimum atomic E-state index is -1.29. The maximum Gasteiger partial charge on any atom is 0.325 e. The maximum absolute atomic E-state index is 13.2. The Hall–Kier alpha value is -3.85. The minimum absolute atomic E-state index is 0.440. The Kier molecular flexibility index (Phi) is 6.30. The number of aryl methyl sites for hydroxylation is 1. The molecule has 2 aromatic carbocycles. The van der Waals surface area contributed by atoms with Gasteiger partial charge in [-0.25, -0.2) is 9.78 Å². The van der Waals surface area contributed by atoms with Crippen LogP contribution in [0.25, 0.3) is 0 Å². The van der Waals surface area contributed by atoms with Crippen LogP contribution in [0.3, 0.4) is 0 Å². The van der Waals surface area contributed by atoms with E-state index < -0.39 is 36.0 Å². The SMILES string of the molecule is COc1ccc(C2(C)NC(=O)N(CC(=O)NC(c3ccc(Cl)cc3)c3nccn3C)C2=O)cc1. The average Bonchev–Trinajstić information content (AvgIpc) is 3.34. The molecule has 4 amide bonds. The normalized spacial score (nSPS) is 18.5. The van der Waals surface area contributed by atoms with Gasteiger partial charge in [0.1, 0.15) is 29.7 Å². The van der Waals surface area contributed by atoms with E-state index >= 15 is 0 Å². The van der Waals surface area contributed by atoms with Crippen LogP contribution < -0.4 is 15.4 Å². The molecule has 1 aromatic heterocycles. The average molecular weight is 482 g/mol. The third-order valence-corrected chi connectivity index (χ3v) is 6.12. The molecule has 34 heavy (non-hydrogen) atoms. The van der Waals surface area contributed by atoms with E-state index in [1.165, 1.54) is 0 Å². The number of carbonyl (C=O) groups excluding carboxylic acids is 3. The number of methoxy groups -OCH3 is 1. The number of imide groups is 1. The van der Waals surface area contributed by atoms with Gasteiger partial charge in [-0.1, -0.05) is 35.9 Å². The van der Waals surface area contributed by atoms with Gasteiger partial charge in [0.15, 0.2) is 0 Å². The molecule has 2 N–H and O–H groups in total. The van der Waals surface area contributed by atoms with Crippen molar-refractivity contribution in [3.8, 4) is 5.75 Å². The van der Waals surface area contributed by atoms with Crippen LogP contribution in [0.1, 0.15) is 29.9 Å². The number of carbonyl (C=O) groups is 3. The molecule has 1 fully saturated rings. The fraction of sp³-hybridized carbons (Fsp3) is 0.250. The van der Waals surface area contributed by atoms with Crippen LogP contribution >= 0.6 is 11.6 Å². The van der Waals surface area contributed by atoms with Gasteiger partial charge in [-0.3, -0.25) is 14.5 Å². The number of hydrogen-bond donors (Lipinski definition) is 2. The quantitative estimate of drug-likeness (QED) is 0.505. The van der Waals surface area contributed by atoms with Gasteiger partial charge >= 0.3 is 6.03 Å². The van der Waals surface area contributed by atoms with Crippen molar-refractivity contribution in [2.75, 3.05) is 13.7 Å². The first-order valence-electron chi connectivity index (χ1n) is 10.5. The Morgan fingerprint density at radius 3 is 2.44 bits per heavy atom. The third kappa shape index (κ3) is 4.34. The Labute approximate surface area is 201 Å². The summed E-state index contributed by atoms with van der Waals surface area (Å²) < 4.78 is 6.94. The summed E-state index contributed by atoms with van der Waals surface area (Å²) in [7, 11) is 3.36. The molecule has 1 aliphatic rings. The highest BCUT2D eigenvalue weighted by atomic mass is 35.5. The Morgan fingerprint density at radius 2 is 1.85 bits per heavy atom. The summed E-state index contributed by atoms with van der Waals surface area (Å²) in [4.78, 5) is 44.1. The highest BCUT2D eigenvalue weighted by Gasteiger charge is 2.49. The molecule has 1 saturated heterocycles. The minimum Gasteiger partial charge on any atom is -0.497 e. The molecule has 0 spiro atoms. The van der Waals surface area contributed by atoms with Gasteiger partial charge in [-0.05, 0) is 42.3 Å². The monoisotopic (exact) mass is 481 g/mol. The standard InChI is InChI=1S/C24H24ClN5O4/c1-24(16-6-10-18(34-3)11-7-16)22(32)30(23(33)28-24)14-19(31)27-20(21-26-12-13-29(21)2)15-4-8-17(25)9-5-15/h4-13,20H,14H2,1-3H3,(H,27,31)(H,28,33). The van der Waals surface area contributed by atoms with Crippen molar-refractivity contribution in [2.24, 2.45) is 7.05 Å². The number of urea groups is 1. The molecule has 2 heterocycles. The number of nitrogens with zero attached hydrogens (tertiary/aromatic N) is 3. The highest BCUT2D eigenvalue weighted by molar-refractivity contribution is 6.30. The van der Waals surface area contributed by atoms with Crippen LogP contribution in [-0.4, -0.2) is 46.0 Å². The molecule has 10 heteroatoms. The molecule has 2 atom stereocenters. The van der Waals surface area contributed by atoms with Gasteiger partial charge in [0, 0.05) is 24.5 Å². The lowest BCUT2D eigenvalue weighted by Crippen LogP contribution is -2.44. The Morgan fingerprint density at radius 1 is 1.18 bits per heavy atom. The van der Waals surface area contributed by atoms with Crippen molar-refractivity contribution in [3.05, 3.63) is 82.9 Å². The van der Waals surface area contributed by atoms with Crippen LogP contribution in [0.5, 0.6) is 5.75 Å². The number of ether oxygens (including phenoxy) is 1. The topological polar surface area (TPSA) is 106 Å². The van der Waals surface area contributed by atoms with Gasteiger partial charge in [-0.15, -0.1) is 0 Å². The number of imidazole rings is 1. The summed E-state index contributed by atoms with van der Waals surface area (Å²) >= 11 is 6.01. The van der Waals surface area contributed by atoms with Crippen molar-refractivity contribution in [1.29, 1.82) is 0 Å². The first-order valence-corrected chi connectivity index (χ1v) is 10.9. The number of hydrogen-bond acceptors (Lipinski definition) is 5. The van der Waals surface area contributed by atoms with Crippen LogP contribution in [0.15, 0.2) is 60.9 Å². The van der Waals surface area contributed by atoms with Crippen LogP contribution in [-0.2, 0) is 22.2 Å². The third-order valence-electron chi connectivity index (χ3n) is 5.87. The number of amides is 4. The predicted molar refractivity (Wildman–Crippen MR) is 125 cm³/mol. The fourth-order valence-corrected chi connectivity index (χ4v) is 4.04. The molecule has 2 unspecified atom stereocenters. The fourth-order valence-electron chi connectivity index (χ4n) is 3.92. The molecule has 176 valence electrons. The van der Waals surface area contributed by atoms with E-state index in [0.717, 1.165) is 10.5 Å². The summed E-state index contributed by atoms with van der Waals surface area (Å²) in [6.07, 6.45) is 3.39. The van der Waals surface area contributed by atoms with Gasteiger partial charge in [0.05, 0.1) is 7.11 Å². The van der Waals surface area contributed by atoms with Crippen molar-refractivity contribution in [2.45, 2.75) is 18.5 Å². The zero-order chi connectivity index (χ0) is 24.5. The van der Waals surface area contributed by atoms with E-state index in [9.17, 15) is 14.4 Å². The van der Waals surface area contributed by atoms with Gasteiger partial charge in [0.2, 0.25) is 5.91 Å². The first kappa shape index (κ1) is 23.3. The molecule has 0 bridgehead atoms. The molecule has 1 aliphatic heterocycles. The maximum atomic E-state index is 13.2. The zero-order valence-corrected chi connectivity index (χ0v) is 19.7. The van der Waals surface area contributed by atoms with Crippen molar-refractivity contribution >= 4 is 29.4 Å².